The maximum atomic E-state index is 11.4. The van der Waals surface area contributed by atoms with Gasteiger partial charge in [-0.2, -0.15) is 0 Å². The largest absolute Gasteiger partial charge is 0.310 e. The van der Waals surface area contributed by atoms with Gasteiger partial charge in [0.25, 0.3) is 5.56 Å². The molecule has 3 nitrogen and oxygen atoms in total. The average Bonchev–Trinajstić information content (AvgIpc) is 2.00. The van der Waals surface area contributed by atoms with Crippen molar-refractivity contribution in [2.24, 2.45) is 5.92 Å². The summed E-state index contributed by atoms with van der Waals surface area (Å²) in [6, 6.07) is 0. The first kappa shape index (κ1) is 8.48. The smallest absolute Gasteiger partial charge is 0.269 e. The summed E-state index contributed by atoms with van der Waals surface area (Å²) in [5, 5.41) is 0. The third kappa shape index (κ3) is 1.64. The summed E-state index contributed by atoms with van der Waals surface area (Å²) in [5.74, 6) is 0.721. The molecular formula is C10H14N2O. The quantitative estimate of drug-likeness (QED) is 0.685. The zero-order chi connectivity index (χ0) is 9.26. The molecule has 70 valence electrons. The van der Waals surface area contributed by atoms with E-state index in [0.29, 0.717) is 0 Å². The normalized spacial score (nSPS) is 17.0. The molecule has 0 unspecified atom stereocenters. The fourth-order valence-electron chi connectivity index (χ4n) is 1.69. The second-order valence-corrected chi connectivity index (χ2v) is 3.79. The Balaban J connectivity index is 2.22. The van der Waals surface area contributed by atoms with Crippen LogP contribution in [0.2, 0.25) is 0 Å². The van der Waals surface area contributed by atoms with Crippen LogP contribution in [0, 0.1) is 12.8 Å². The van der Waals surface area contributed by atoms with Crippen LogP contribution < -0.4 is 5.56 Å². The fourth-order valence-corrected chi connectivity index (χ4v) is 1.69. The molecule has 1 fully saturated rings. The van der Waals surface area contributed by atoms with Gasteiger partial charge in [-0.1, -0.05) is 6.42 Å². The van der Waals surface area contributed by atoms with Gasteiger partial charge in [0.05, 0.1) is 6.20 Å². The van der Waals surface area contributed by atoms with Gasteiger partial charge in [0.2, 0.25) is 0 Å². The van der Waals surface area contributed by atoms with Gasteiger partial charge in [0.15, 0.2) is 0 Å². The molecule has 0 atom stereocenters. The number of aromatic nitrogens is 2. The molecule has 3 heteroatoms. The number of hydrogen-bond acceptors (Lipinski definition) is 2. The van der Waals surface area contributed by atoms with Crippen molar-refractivity contribution in [1.82, 2.24) is 9.55 Å². The highest BCUT2D eigenvalue weighted by atomic mass is 16.1. The molecular weight excluding hydrogens is 164 g/mol. The van der Waals surface area contributed by atoms with Crippen molar-refractivity contribution in [2.75, 3.05) is 0 Å². The van der Waals surface area contributed by atoms with Gasteiger partial charge >= 0.3 is 0 Å². The van der Waals surface area contributed by atoms with E-state index in [4.69, 9.17) is 0 Å². The maximum absolute atomic E-state index is 11.4. The number of rotatable bonds is 2. The number of aryl methyl sites for hydroxylation is 1. The van der Waals surface area contributed by atoms with Crippen LogP contribution in [0.25, 0.3) is 0 Å². The molecule has 2 rings (SSSR count). The van der Waals surface area contributed by atoms with E-state index in [1.807, 2.05) is 11.5 Å². The molecule has 1 aromatic rings. The summed E-state index contributed by atoms with van der Waals surface area (Å²) in [7, 11) is 0. The summed E-state index contributed by atoms with van der Waals surface area (Å²) in [4.78, 5) is 15.3. The Labute approximate surface area is 77.4 Å². The summed E-state index contributed by atoms with van der Waals surface area (Å²) in [6.07, 6.45) is 7.01. The molecule has 0 saturated heterocycles. The zero-order valence-electron chi connectivity index (χ0n) is 7.86. The van der Waals surface area contributed by atoms with Crippen molar-refractivity contribution in [2.45, 2.75) is 32.7 Å². The molecule has 0 aromatic carbocycles. The molecule has 1 saturated carbocycles. The van der Waals surface area contributed by atoms with Crippen molar-refractivity contribution < 1.29 is 0 Å². The second kappa shape index (κ2) is 3.32. The van der Waals surface area contributed by atoms with Crippen molar-refractivity contribution in [3.63, 3.8) is 0 Å². The first-order valence-electron chi connectivity index (χ1n) is 4.79. The second-order valence-electron chi connectivity index (χ2n) is 3.79. The van der Waals surface area contributed by atoms with Crippen LogP contribution in [0.15, 0.2) is 17.2 Å². The molecule has 1 heterocycles. The van der Waals surface area contributed by atoms with Crippen molar-refractivity contribution in [3.05, 3.63) is 28.4 Å². The van der Waals surface area contributed by atoms with Gasteiger partial charge in [0, 0.05) is 18.4 Å². The molecule has 0 radical (unpaired) electrons. The summed E-state index contributed by atoms with van der Waals surface area (Å²) in [6.45, 7) is 2.82. The Hall–Kier alpha value is -1.12. The predicted octanol–water partition coefficient (Wildman–Crippen LogP) is 1.35. The van der Waals surface area contributed by atoms with Gasteiger partial charge in [-0.15, -0.1) is 0 Å². The Morgan fingerprint density at radius 2 is 2.31 bits per heavy atom. The van der Waals surface area contributed by atoms with E-state index in [1.54, 1.807) is 6.20 Å². The highest BCUT2D eigenvalue weighted by Gasteiger charge is 2.18. The first-order chi connectivity index (χ1) is 6.27. The van der Waals surface area contributed by atoms with Crippen LogP contribution in [0.3, 0.4) is 0 Å². The molecule has 0 spiro atoms. The van der Waals surface area contributed by atoms with E-state index in [-0.39, 0.29) is 5.56 Å². The van der Waals surface area contributed by atoms with Crippen molar-refractivity contribution in [1.29, 1.82) is 0 Å². The molecule has 0 bridgehead atoms. The monoisotopic (exact) mass is 178 g/mol. The molecule has 13 heavy (non-hydrogen) atoms. The number of nitrogens with zero attached hydrogens (tertiary/aromatic N) is 2. The van der Waals surface area contributed by atoms with Crippen LogP contribution in [-0.2, 0) is 6.54 Å². The Bertz CT molecular complexity index is 352. The zero-order valence-corrected chi connectivity index (χ0v) is 7.86. The minimum atomic E-state index is 0.0342. The summed E-state index contributed by atoms with van der Waals surface area (Å²) in [5.41, 5.74) is 1.01. The van der Waals surface area contributed by atoms with Gasteiger partial charge in [0.1, 0.15) is 0 Å². The molecule has 1 aliphatic carbocycles. The van der Waals surface area contributed by atoms with Crippen molar-refractivity contribution >= 4 is 0 Å². The molecule has 0 amide bonds. The van der Waals surface area contributed by atoms with Crippen LogP contribution >= 0.6 is 0 Å². The van der Waals surface area contributed by atoms with Crippen molar-refractivity contribution in [3.8, 4) is 0 Å². The van der Waals surface area contributed by atoms with Gasteiger partial charge < -0.3 is 4.57 Å². The Kier molecular flexibility index (Phi) is 2.17. The van der Waals surface area contributed by atoms with E-state index in [0.717, 1.165) is 18.2 Å². The minimum absolute atomic E-state index is 0.0342. The lowest BCUT2D eigenvalue weighted by Crippen LogP contribution is -2.28. The van der Waals surface area contributed by atoms with E-state index in [2.05, 4.69) is 4.98 Å². The van der Waals surface area contributed by atoms with Gasteiger partial charge in [-0.25, -0.2) is 0 Å². The topological polar surface area (TPSA) is 34.9 Å². The van der Waals surface area contributed by atoms with Crippen LogP contribution in [0.5, 0.6) is 0 Å². The molecule has 1 aliphatic rings. The lowest BCUT2D eigenvalue weighted by molar-refractivity contribution is 0.271. The van der Waals surface area contributed by atoms with E-state index in [9.17, 15) is 4.79 Å². The minimum Gasteiger partial charge on any atom is -0.310 e. The van der Waals surface area contributed by atoms with Crippen LogP contribution in [0.4, 0.5) is 0 Å². The Morgan fingerprint density at radius 1 is 1.54 bits per heavy atom. The molecule has 0 aliphatic heterocycles. The number of hydrogen-bond donors (Lipinski definition) is 0. The van der Waals surface area contributed by atoms with Gasteiger partial charge in [-0.3, -0.25) is 9.78 Å². The standard InChI is InChI=1S/C10H14N2O/c1-8-5-11-6-10(13)12(8)7-9-3-2-4-9/h5-6,9H,2-4,7H2,1H3. The average molecular weight is 178 g/mol. The summed E-state index contributed by atoms with van der Waals surface area (Å²) >= 11 is 0. The van der Waals surface area contributed by atoms with Crippen LogP contribution in [-0.4, -0.2) is 9.55 Å². The first-order valence-corrected chi connectivity index (χ1v) is 4.79. The Morgan fingerprint density at radius 3 is 2.85 bits per heavy atom. The maximum Gasteiger partial charge on any atom is 0.269 e. The fraction of sp³-hybridized carbons (Fsp3) is 0.600. The van der Waals surface area contributed by atoms with Crippen LogP contribution in [0.1, 0.15) is 25.0 Å². The lowest BCUT2D eigenvalue weighted by atomic mass is 9.85. The van der Waals surface area contributed by atoms with E-state index < -0.39 is 0 Å². The van der Waals surface area contributed by atoms with E-state index >= 15 is 0 Å². The van der Waals surface area contributed by atoms with E-state index in [1.165, 1.54) is 25.5 Å². The SMILES string of the molecule is Cc1cncc(=O)n1CC1CCC1. The highest BCUT2D eigenvalue weighted by Crippen LogP contribution is 2.27. The molecule has 0 N–H and O–H groups in total. The third-order valence-corrected chi connectivity index (χ3v) is 2.80. The highest BCUT2D eigenvalue weighted by molar-refractivity contribution is 4.96. The lowest BCUT2D eigenvalue weighted by Gasteiger charge is -2.26. The van der Waals surface area contributed by atoms with Gasteiger partial charge in [-0.05, 0) is 25.7 Å². The summed E-state index contributed by atoms with van der Waals surface area (Å²) < 4.78 is 1.83. The molecule has 1 aromatic heterocycles. The predicted molar refractivity (Wildman–Crippen MR) is 50.6 cm³/mol. The third-order valence-electron chi connectivity index (χ3n) is 2.80.